The first-order valence-corrected chi connectivity index (χ1v) is 9.98. The predicted octanol–water partition coefficient (Wildman–Crippen LogP) is 3.34. The largest absolute Gasteiger partial charge is 0.304 e. The Morgan fingerprint density at radius 1 is 1.08 bits per heavy atom. The van der Waals surface area contributed by atoms with Crippen LogP contribution >= 0.6 is 15.9 Å². The van der Waals surface area contributed by atoms with E-state index in [2.05, 4.69) is 15.9 Å². The van der Waals surface area contributed by atoms with Crippen LogP contribution in [0.4, 0.5) is 5.69 Å². The molecule has 0 saturated heterocycles. The summed E-state index contributed by atoms with van der Waals surface area (Å²) in [6.45, 7) is 0. The number of halogens is 1. The van der Waals surface area contributed by atoms with E-state index >= 15 is 0 Å². The molecule has 24 heavy (non-hydrogen) atoms. The molecule has 1 atom stereocenters. The van der Waals surface area contributed by atoms with Crippen molar-refractivity contribution in [2.75, 3.05) is 10.7 Å². The predicted molar refractivity (Wildman–Crippen MR) is 98.5 cm³/mol. The number of amides is 1. The summed E-state index contributed by atoms with van der Waals surface area (Å²) in [6.07, 6.45) is 1.81. The van der Waals surface area contributed by atoms with Gasteiger partial charge in [-0.3, -0.25) is 4.79 Å². The Morgan fingerprint density at radius 2 is 1.75 bits per heavy atom. The second-order valence-corrected chi connectivity index (χ2v) is 8.47. The van der Waals surface area contributed by atoms with Crippen LogP contribution in [0.15, 0.2) is 70.6 Å². The molecule has 124 valence electrons. The minimum absolute atomic E-state index is 0.0798. The van der Waals surface area contributed by atoms with E-state index in [1.807, 2.05) is 54.6 Å². The van der Waals surface area contributed by atoms with Gasteiger partial charge in [-0.25, -0.2) is 8.42 Å². The maximum absolute atomic E-state index is 12.9. The number of carbonyl (C=O) groups excluding carboxylic acids is 1. The van der Waals surface area contributed by atoms with E-state index in [1.54, 1.807) is 11.0 Å². The number of carbonyl (C=O) groups is 1. The summed E-state index contributed by atoms with van der Waals surface area (Å²) in [5.74, 6) is -0.209. The molecule has 0 N–H and O–H groups in total. The van der Waals surface area contributed by atoms with Crippen molar-refractivity contribution in [1.29, 1.82) is 0 Å². The molecule has 3 rings (SSSR count). The normalized spacial score (nSPS) is 18.5. The maximum Gasteiger partial charge on any atom is 0.231 e. The highest BCUT2D eigenvalue weighted by atomic mass is 79.9. The van der Waals surface area contributed by atoms with Gasteiger partial charge < -0.3 is 4.90 Å². The van der Waals surface area contributed by atoms with Crippen molar-refractivity contribution in [3.8, 4) is 0 Å². The summed E-state index contributed by atoms with van der Waals surface area (Å²) in [4.78, 5) is 14.5. The molecule has 6 heteroatoms. The van der Waals surface area contributed by atoms with Crippen molar-refractivity contribution >= 4 is 37.4 Å². The molecule has 0 radical (unpaired) electrons. The zero-order chi connectivity index (χ0) is 17.2. The Morgan fingerprint density at radius 3 is 2.33 bits per heavy atom. The first kappa shape index (κ1) is 16.9. The van der Waals surface area contributed by atoms with Gasteiger partial charge in [0.2, 0.25) is 5.91 Å². The molecular weight excluding hydrogens is 390 g/mol. The van der Waals surface area contributed by atoms with Gasteiger partial charge in [-0.2, -0.15) is 0 Å². The Kier molecular flexibility index (Phi) is 4.87. The lowest BCUT2D eigenvalue weighted by molar-refractivity contribution is -0.118. The SMILES string of the molecule is O=C(Cc1ccccc1)N(c1ccc(Br)cc1)C1C=CS(=O)(=O)C1. The molecule has 2 aromatic carbocycles. The molecule has 1 aliphatic heterocycles. The molecule has 0 bridgehead atoms. The fraction of sp³-hybridized carbons (Fsp3) is 0.167. The summed E-state index contributed by atoms with van der Waals surface area (Å²) in [5, 5.41) is 1.19. The first-order valence-electron chi connectivity index (χ1n) is 7.47. The highest BCUT2D eigenvalue weighted by Crippen LogP contribution is 2.25. The monoisotopic (exact) mass is 405 g/mol. The number of hydrogen-bond acceptors (Lipinski definition) is 3. The van der Waals surface area contributed by atoms with Gasteiger partial charge in [-0.05, 0) is 35.9 Å². The fourth-order valence-electron chi connectivity index (χ4n) is 2.70. The standard InChI is InChI=1S/C18H16BrNO3S/c19-15-6-8-16(9-7-15)20(17-10-11-24(22,23)13-17)18(21)12-14-4-2-1-3-5-14/h1-11,17H,12-13H2. The Hall–Kier alpha value is -1.92. The summed E-state index contributed by atoms with van der Waals surface area (Å²) in [6, 6.07) is 16.3. The van der Waals surface area contributed by atoms with E-state index in [-0.39, 0.29) is 18.1 Å². The van der Waals surface area contributed by atoms with Crippen LogP contribution in [-0.2, 0) is 21.1 Å². The molecular formula is C18H16BrNO3S. The van der Waals surface area contributed by atoms with E-state index in [4.69, 9.17) is 0 Å². The maximum atomic E-state index is 12.9. The molecule has 0 fully saturated rings. The molecule has 2 aromatic rings. The fourth-order valence-corrected chi connectivity index (χ4v) is 4.23. The molecule has 1 amide bonds. The Bertz CT molecular complexity index is 861. The van der Waals surface area contributed by atoms with Crippen LogP contribution < -0.4 is 4.90 Å². The molecule has 0 aliphatic carbocycles. The van der Waals surface area contributed by atoms with Crippen LogP contribution in [0.3, 0.4) is 0 Å². The Balaban J connectivity index is 1.91. The van der Waals surface area contributed by atoms with Crippen LogP contribution in [0.1, 0.15) is 5.56 Å². The van der Waals surface area contributed by atoms with Gasteiger partial charge in [0.15, 0.2) is 9.84 Å². The van der Waals surface area contributed by atoms with Crippen LogP contribution in [0.2, 0.25) is 0 Å². The highest BCUT2D eigenvalue weighted by Gasteiger charge is 2.31. The van der Waals surface area contributed by atoms with Crippen LogP contribution in [0.5, 0.6) is 0 Å². The third kappa shape index (κ3) is 3.94. The van der Waals surface area contributed by atoms with Gasteiger partial charge in [0.25, 0.3) is 0 Å². The number of anilines is 1. The van der Waals surface area contributed by atoms with Gasteiger partial charge >= 0.3 is 0 Å². The van der Waals surface area contributed by atoms with E-state index in [0.29, 0.717) is 5.69 Å². The molecule has 1 heterocycles. The lowest BCUT2D eigenvalue weighted by Gasteiger charge is -2.28. The minimum Gasteiger partial charge on any atom is -0.304 e. The van der Waals surface area contributed by atoms with Gasteiger partial charge in [0.1, 0.15) is 0 Å². The van der Waals surface area contributed by atoms with Gasteiger partial charge in [-0.1, -0.05) is 46.3 Å². The smallest absolute Gasteiger partial charge is 0.231 e. The van der Waals surface area contributed by atoms with E-state index in [1.165, 1.54) is 5.41 Å². The van der Waals surface area contributed by atoms with Crippen molar-refractivity contribution in [1.82, 2.24) is 0 Å². The topological polar surface area (TPSA) is 54.5 Å². The van der Waals surface area contributed by atoms with Gasteiger partial charge in [0, 0.05) is 15.6 Å². The number of nitrogens with zero attached hydrogens (tertiary/aromatic N) is 1. The highest BCUT2D eigenvalue weighted by molar-refractivity contribution is 9.10. The minimum atomic E-state index is -3.25. The van der Waals surface area contributed by atoms with Crippen molar-refractivity contribution < 1.29 is 13.2 Å². The van der Waals surface area contributed by atoms with Gasteiger partial charge in [-0.15, -0.1) is 0 Å². The van der Waals surface area contributed by atoms with Crippen molar-refractivity contribution in [3.63, 3.8) is 0 Å². The number of sulfone groups is 1. The Labute approximate surface area is 149 Å². The van der Waals surface area contributed by atoms with Crippen molar-refractivity contribution in [2.45, 2.75) is 12.5 Å². The third-order valence-electron chi connectivity index (χ3n) is 3.81. The number of benzene rings is 2. The summed E-state index contributed by atoms with van der Waals surface area (Å²) in [7, 11) is -3.25. The molecule has 0 spiro atoms. The van der Waals surface area contributed by atoms with Crippen molar-refractivity contribution in [2.24, 2.45) is 0 Å². The molecule has 1 aliphatic rings. The summed E-state index contributed by atoms with van der Waals surface area (Å²) in [5.41, 5.74) is 1.58. The average molecular weight is 406 g/mol. The van der Waals surface area contributed by atoms with E-state index < -0.39 is 15.9 Å². The summed E-state index contributed by atoms with van der Waals surface area (Å²) >= 11 is 3.37. The molecule has 0 saturated carbocycles. The third-order valence-corrected chi connectivity index (χ3v) is 5.72. The second-order valence-electron chi connectivity index (χ2n) is 5.63. The van der Waals surface area contributed by atoms with E-state index in [0.717, 1.165) is 10.0 Å². The van der Waals surface area contributed by atoms with Gasteiger partial charge in [0.05, 0.1) is 18.2 Å². The molecule has 0 aromatic heterocycles. The zero-order valence-corrected chi connectivity index (χ0v) is 15.2. The summed E-state index contributed by atoms with van der Waals surface area (Å²) < 4.78 is 24.5. The van der Waals surface area contributed by atoms with Crippen LogP contribution in [0, 0.1) is 0 Å². The van der Waals surface area contributed by atoms with Crippen LogP contribution in [0.25, 0.3) is 0 Å². The number of rotatable bonds is 4. The lowest BCUT2D eigenvalue weighted by Crippen LogP contribution is -2.42. The number of hydrogen-bond donors (Lipinski definition) is 0. The van der Waals surface area contributed by atoms with Crippen LogP contribution in [-0.4, -0.2) is 26.1 Å². The second kappa shape index (κ2) is 6.91. The zero-order valence-electron chi connectivity index (χ0n) is 12.8. The van der Waals surface area contributed by atoms with E-state index in [9.17, 15) is 13.2 Å². The lowest BCUT2D eigenvalue weighted by atomic mass is 10.1. The first-order chi connectivity index (χ1) is 11.4. The quantitative estimate of drug-likeness (QED) is 0.783. The van der Waals surface area contributed by atoms with Crippen molar-refractivity contribution in [3.05, 3.63) is 76.1 Å². The molecule has 1 unspecified atom stereocenters. The average Bonchev–Trinajstić information content (AvgIpc) is 2.90. The molecule has 4 nitrogen and oxygen atoms in total.